The number of fused-ring (bicyclic) bond motifs is 4. The number of allylic oxidation sites excluding steroid dienone is 3. The summed E-state index contributed by atoms with van der Waals surface area (Å²) in [6, 6.07) is 11.0. The second-order valence-electron chi connectivity index (χ2n) is 8.16. The van der Waals surface area contributed by atoms with Crippen molar-refractivity contribution in [2.24, 2.45) is 10.9 Å². The normalized spacial score (nSPS) is 23.8. The van der Waals surface area contributed by atoms with Crippen molar-refractivity contribution in [1.82, 2.24) is 10.3 Å². The molecule has 2 unspecified atom stereocenters. The molecule has 0 spiro atoms. The molecule has 1 heterocycles. The highest BCUT2D eigenvalue weighted by Gasteiger charge is 2.46. The molecule has 2 aliphatic rings. The van der Waals surface area contributed by atoms with Crippen molar-refractivity contribution < 1.29 is 4.79 Å². The Morgan fingerprint density at radius 3 is 2.90 bits per heavy atom. The number of aliphatic imine (C=N–C) groups is 1. The number of carbonyl (C=O) groups excluding carboxylic acids is 1. The first kappa shape index (κ1) is 20.8. The molecular weight excluding hydrogens is 386 g/mol. The monoisotopic (exact) mass is 413 g/mol. The van der Waals surface area contributed by atoms with Crippen LogP contribution in [-0.4, -0.2) is 24.2 Å². The molecule has 1 aromatic carbocycles. The zero-order valence-corrected chi connectivity index (χ0v) is 18.1. The Labute approximate surface area is 182 Å². The van der Waals surface area contributed by atoms with Gasteiger partial charge in [-0.25, -0.2) is 0 Å². The Hall–Kier alpha value is -3.47. The molecule has 31 heavy (non-hydrogen) atoms. The second-order valence-corrected chi connectivity index (χ2v) is 8.16. The number of aromatic nitrogens is 1. The minimum Gasteiger partial charge on any atom is -0.355 e. The maximum atomic E-state index is 11.9. The number of nitrogens with one attached hydrogen (secondary N) is 2. The molecule has 0 saturated carbocycles. The minimum atomic E-state index is -0.496. The molecule has 2 aromatic rings. The van der Waals surface area contributed by atoms with Crippen molar-refractivity contribution in [3.8, 4) is 0 Å². The molecule has 1 amide bonds. The Bertz CT molecular complexity index is 1200. The Morgan fingerprint density at radius 1 is 1.29 bits per heavy atom. The van der Waals surface area contributed by atoms with Crippen molar-refractivity contribution in [2.45, 2.75) is 32.2 Å². The minimum absolute atomic E-state index is 0.0727. The largest absolute Gasteiger partial charge is 0.355 e. The predicted octanol–water partition coefficient (Wildman–Crippen LogP) is 4.18. The predicted molar refractivity (Wildman–Crippen MR) is 125 cm³/mol. The molecule has 0 aliphatic heterocycles. The van der Waals surface area contributed by atoms with Crippen LogP contribution in [0, 0.1) is 5.92 Å². The topological polar surface area (TPSA) is 74.3 Å². The summed E-state index contributed by atoms with van der Waals surface area (Å²) in [5, 5.41) is 2.64. The van der Waals surface area contributed by atoms with E-state index >= 15 is 0 Å². The van der Waals surface area contributed by atoms with E-state index in [1.807, 2.05) is 42.6 Å². The second kappa shape index (κ2) is 8.34. The van der Waals surface area contributed by atoms with E-state index in [1.165, 1.54) is 11.1 Å². The Kier molecular flexibility index (Phi) is 5.59. The molecule has 158 valence electrons. The number of pyridine rings is 1. The number of amides is 1. The van der Waals surface area contributed by atoms with Crippen LogP contribution in [0.25, 0.3) is 6.08 Å². The average molecular weight is 414 g/mol. The van der Waals surface area contributed by atoms with Gasteiger partial charge in [-0.1, -0.05) is 35.9 Å². The Morgan fingerprint density at radius 2 is 2.13 bits per heavy atom. The molecule has 0 saturated heterocycles. The van der Waals surface area contributed by atoms with Crippen LogP contribution in [0.1, 0.15) is 47.4 Å². The SMILES string of the molecule is CC=C1C2C=C(C)CC1(N=CC=Cc1cccc(C(=O)NC)c1)c1ccc(=O)[nH]c1C2. The highest BCUT2D eigenvalue weighted by molar-refractivity contribution is 5.94. The van der Waals surface area contributed by atoms with Gasteiger partial charge in [0, 0.05) is 48.5 Å². The number of hydrogen-bond acceptors (Lipinski definition) is 3. The van der Waals surface area contributed by atoms with Gasteiger partial charge in [0.1, 0.15) is 5.54 Å². The third-order valence-electron chi connectivity index (χ3n) is 6.12. The molecule has 2 aliphatic carbocycles. The third-order valence-corrected chi connectivity index (χ3v) is 6.12. The summed E-state index contributed by atoms with van der Waals surface area (Å²) in [6.45, 7) is 4.22. The number of carbonyl (C=O) groups is 1. The molecule has 4 rings (SSSR count). The van der Waals surface area contributed by atoms with E-state index in [2.05, 4.69) is 36.3 Å². The van der Waals surface area contributed by atoms with Crippen molar-refractivity contribution in [3.05, 3.63) is 98.5 Å². The molecule has 1 aromatic heterocycles. The lowest BCUT2D eigenvalue weighted by molar-refractivity contribution is 0.0963. The van der Waals surface area contributed by atoms with E-state index in [1.54, 1.807) is 19.2 Å². The standard InChI is InChI=1S/C26H27N3O2/c1-4-21-20-13-17(2)16-26(21,22-10-11-24(30)29-23(22)15-20)28-12-6-8-18-7-5-9-19(14-18)25(31)27-3/h4-14,20H,15-16H2,1-3H3,(H,27,31)(H,29,30). The first-order chi connectivity index (χ1) is 15.0. The molecule has 2 atom stereocenters. The summed E-state index contributed by atoms with van der Waals surface area (Å²) in [6.07, 6.45) is 11.8. The maximum Gasteiger partial charge on any atom is 0.251 e. The zero-order valence-electron chi connectivity index (χ0n) is 18.1. The molecule has 5 heteroatoms. The summed E-state index contributed by atoms with van der Waals surface area (Å²) < 4.78 is 0. The molecule has 2 N–H and O–H groups in total. The fourth-order valence-electron chi connectivity index (χ4n) is 4.90. The van der Waals surface area contributed by atoms with Crippen LogP contribution < -0.4 is 10.9 Å². The summed E-state index contributed by atoms with van der Waals surface area (Å²) in [7, 11) is 1.62. The number of H-pyrrole nitrogens is 1. The van der Waals surface area contributed by atoms with Gasteiger partial charge < -0.3 is 10.3 Å². The van der Waals surface area contributed by atoms with Gasteiger partial charge in [0.2, 0.25) is 5.56 Å². The number of aromatic amines is 1. The van der Waals surface area contributed by atoms with E-state index < -0.39 is 5.54 Å². The number of rotatable bonds is 4. The molecule has 0 radical (unpaired) electrons. The van der Waals surface area contributed by atoms with Crippen molar-refractivity contribution in [1.29, 1.82) is 0 Å². The van der Waals surface area contributed by atoms with Gasteiger partial charge >= 0.3 is 0 Å². The lowest BCUT2D eigenvalue weighted by Crippen LogP contribution is -2.40. The van der Waals surface area contributed by atoms with Crippen LogP contribution in [0.4, 0.5) is 0 Å². The van der Waals surface area contributed by atoms with E-state index in [9.17, 15) is 9.59 Å². The number of nitrogens with zero attached hydrogens (tertiary/aromatic N) is 1. The summed E-state index contributed by atoms with van der Waals surface area (Å²) >= 11 is 0. The maximum absolute atomic E-state index is 11.9. The van der Waals surface area contributed by atoms with Crippen molar-refractivity contribution in [2.75, 3.05) is 7.05 Å². The van der Waals surface area contributed by atoms with E-state index in [-0.39, 0.29) is 17.4 Å². The lowest BCUT2D eigenvalue weighted by Gasteiger charge is -2.45. The van der Waals surface area contributed by atoms with Crippen LogP contribution in [0.5, 0.6) is 0 Å². The van der Waals surface area contributed by atoms with Gasteiger partial charge in [-0.05, 0) is 55.7 Å². The number of benzene rings is 1. The van der Waals surface area contributed by atoms with Gasteiger partial charge in [-0.2, -0.15) is 0 Å². The van der Waals surface area contributed by atoms with Gasteiger partial charge in [-0.3, -0.25) is 14.6 Å². The zero-order chi connectivity index (χ0) is 22.0. The van der Waals surface area contributed by atoms with Gasteiger partial charge in [0.25, 0.3) is 5.91 Å². The first-order valence-corrected chi connectivity index (χ1v) is 10.6. The fraction of sp³-hybridized carbons (Fsp3) is 0.269. The van der Waals surface area contributed by atoms with Crippen molar-refractivity contribution >= 4 is 18.2 Å². The van der Waals surface area contributed by atoms with E-state index in [0.29, 0.717) is 5.56 Å². The lowest BCUT2D eigenvalue weighted by atomic mass is 9.63. The summed E-state index contributed by atoms with van der Waals surface area (Å²) in [4.78, 5) is 31.9. The highest BCUT2D eigenvalue weighted by Crippen LogP contribution is 2.51. The summed E-state index contributed by atoms with van der Waals surface area (Å²) in [5.41, 5.74) is 5.64. The molecule has 2 bridgehead atoms. The average Bonchev–Trinajstić information content (AvgIpc) is 2.75. The van der Waals surface area contributed by atoms with Crippen LogP contribution >= 0.6 is 0 Å². The third kappa shape index (κ3) is 3.83. The highest BCUT2D eigenvalue weighted by atomic mass is 16.1. The first-order valence-electron chi connectivity index (χ1n) is 10.6. The van der Waals surface area contributed by atoms with Gasteiger partial charge in [0.15, 0.2) is 0 Å². The van der Waals surface area contributed by atoms with Gasteiger partial charge in [-0.15, -0.1) is 0 Å². The molecule has 5 nitrogen and oxygen atoms in total. The summed E-state index contributed by atoms with van der Waals surface area (Å²) in [5.74, 6) is 0.138. The quantitative estimate of drug-likeness (QED) is 0.583. The van der Waals surface area contributed by atoms with Crippen molar-refractivity contribution in [3.63, 3.8) is 0 Å². The van der Waals surface area contributed by atoms with Gasteiger partial charge in [0.05, 0.1) is 0 Å². The van der Waals surface area contributed by atoms with Crippen LogP contribution in [0.2, 0.25) is 0 Å². The smallest absolute Gasteiger partial charge is 0.251 e. The molecule has 0 fully saturated rings. The van der Waals surface area contributed by atoms with Crippen LogP contribution in [0.3, 0.4) is 0 Å². The van der Waals surface area contributed by atoms with E-state index in [4.69, 9.17) is 4.99 Å². The Balaban J connectivity index is 1.71. The van der Waals surface area contributed by atoms with E-state index in [0.717, 1.165) is 29.7 Å². The van der Waals surface area contributed by atoms with Crippen LogP contribution in [0.15, 0.2) is 75.6 Å². The fourth-order valence-corrected chi connectivity index (χ4v) is 4.90. The molecular formula is C26H27N3O2. The number of hydrogen-bond donors (Lipinski definition) is 2. The van der Waals surface area contributed by atoms with Crippen LogP contribution in [-0.2, 0) is 12.0 Å².